The normalized spacial score (nSPS) is 11.0. The minimum absolute atomic E-state index is 0.0480. The van der Waals surface area contributed by atoms with E-state index in [9.17, 15) is 19.8 Å². The van der Waals surface area contributed by atoms with Crippen molar-refractivity contribution in [1.29, 1.82) is 5.26 Å². The number of non-ortho nitro benzene ring substituents is 1. The largest absolute Gasteiger partial charge is 0.493 e. The Kier molecular flexibility index (Phi) is 7.00. The lowest BCUT2D eigenvalue weighted by atomic mass is 10.0. The summed E-state index contributed by atoms with van der Waals surface area (Å²) in [5.41, 5.74) is 2.31. The first-order chi connectivity index (χ1) is 14.9. The first kappa shape index (κ1) is 22.0. The maximum Gasteiger partial charge on any atom is 0.269 e. The first-order valence-corrected chi connectivity index (χ1v) is 9.82. The molecule has 0 spiro atoms. The van der Waals surface area contributed by atoms with Crippen LogP contribution in [0.2, 0.25) is 0 Å². The quantitative estimate of drug-likeness (QED) is 0.174. The van der Waals surface area contributed by atoms with Gasteiger partial charge in [0.15, 0.2) is 11.5 Å². The summed E-state index contributed by atoms with van der Waals surface area (Å²) >= 11 is 3.47. The van der Waals surface area contributed by atoms with E-state index in [1.54, 1.807) is 30.3 Å². The van der Waals surface area contributed by atoms with Crippen LogP contribution in [0.15, 0.2) is 65.1 Å². The van der Waals surface area contributed by atoms with Gasteiger partial charge in [-0.1, -0.05) is 12.1 Å². The molecule has 0 heterocycles. The molecule has 31 heavy (non-hydrogen) atoms. The van der Waals surface area contributed by atoms with E-state index in [2.05, 4.69) is 22.0 Å². The van der Waals surface area contributed by atoms with Crippen molar-refractivity contribution in [2.75, 3.05) is 7.11 Å². The second kappa shape index (κ2) is 9.87. The molecule has 0 aliphatic carbocycles. The Morgan fingerprint density at radius 1 is 1.19 bits per heavy atom. The average Bonchev–Trinajstić information content (AvgIpc) is 2.77. The van der Waals surface area contributed by atoms with Gasteiger partial charge >= 0.3 is 0 Å². The maximum atomic E-state index is 13.1. The standard InChI is InChI=1S/C23H16BrFN2O4/c1-30-22-12-16(10-18(13-26)17-4-8-20(9-5-17)27(28)29)11-21(24)23(22)31-14-15-2-6-19(25)7-3-15/h2-12H,14H2,1H3/b18-10-. The molecule has 0 N–H and O–H groups in total. The summed E-state index contributed by atoms with van der Waals surface area (Å²) in [4.78, 5) is 10.3. The third-order valence-corrected chi connectivity index (χ3v) is 4.96. The second-order valence-electron chi connectivity index (χ2n) is 6.42. The summed E-state index contributed by atoms with van der Waals surface area (Å²) < 4.78 is 25.0. The van der Waals surface area contributed by atoms with Crippen LogP contribution >= 0.6 is 15.9 Å². The predicted octanol–water partition coefficient (Wildman–Crippen LogP) is 6.15. The van der Waals surface area contributed by atoms with Gasteiger partial charge in [-0.25, -0.2) is 4.39 Å². The Labute approximate surface area is 186 Å². The molecule has 0 unspecified atom stereocenters. The number of hydrogen-bond acceptors (Lipinski definition) is 5. The van der Waals surface area contributed by atoms with Crippen molar-refractivity contribution in [3.63, 3.8) is 0 Å². The van der Waals surface area contributed by atoms with Gasteiger partial charge in [0.2, 0.25) is 0 Å². The van der Waals surface area contributed by atoms with Gasteiger partial charge in [-0.2, -0.15) is 5.26 Å². The highest BCUT2D eigenvalue weighted by atomic mass is 79.9. The topological polar surface area (TPSA) is 85.4 Å². The highest BCUT2D eigenvalue weighted by Crippen LogP contribution is 2.38. The summed E-state index contributed by atoms with van der Waals surface area (Å²) in [6, 6.07) is 17.3. The van der Waals surface area contributed by atoms with E-state index in [0.29, 0.717) is 32.7 Å². The molecule has 0 aliphatic heterocycles. The molecule has 0 bridgehead atoms. The average molecular weight is 483 g/mol. The number of methoxy groups -OCH3 is 1. The van der Waals surface area contributed by atoms with E-state index in [1.807, 2.05) is 0 Å². The number of halogens is 2. The van der Waals surface area contributed by atoms with Gasteiger partial charge in [0.25, 0.3) is 5.69 Å². The van der Waals surface area contributed by atoms with E-state index in [0.717, 1.165) is 5.56 Å². The van der Waals surface area contributed by atoms with Crippen LogP contribution in [0, 0.1) is 27.3 Å². The van der Waals surface area contributed by atoms with Gasteiger partial charge in [-0.3, -0.25) is 10.1 Å². The van der Waals surface area contributed by atoms with Gasteiger partial charge < -0.3 is 9.47 Å². The van der Waals surface area contributed by atoms with Crippen molar-refractivity contribution in [2.24, 2.45) is 0 Å². The van der Waals surface area contributed by atoms with Gasteiger partial charge in [0.05, 0.1) is 28.1 Å². The zero-order valence-corrected chi connectivity index (χ0v) is 17.9. The number of rotatable bonds is 7. The molecular weight excluding hydrogens is 467 g/mol. The Bertz CT molecular complexity index is 1170. The molecule has 0 aromatic heterocycles. The van der Waals surface area contributed by atoms with Crippen LogP contribution in [0.5, 0.6) is 11.5 Å². The van der Waals surface area contributed by atoms with Crippen molar-refractivity contribution in [3.8, 4) is 17.6 Å². The molecule has 156 valence electrons. The van der Waals surface area contributed by atoms with Gasteiger partial charge in [0, 0.05) is 12.1 Å². The Hall–Kier alpha value is -3.70. The zero-order valence-electron chi connectivity index (χ0n) is 16.3. The molecule has 0 saturated carbocycles. The molecule has 0 aliphatic rings. The molecule has 0 amide bonds. The Balaban J connectivity index is 1.87. The maximum absolute atomic E-state index is 13.1. The SMILES string of the molecule is COc1cc(/C=C(/C#N)c2ccc([N+](=O)[O-])cc2)cc(Br)c1OCc1ccc(F)cc1. The van der Waals surface area contributed by atoms with Crippen molar-refractivity contribution in [1.82, 2.24) is 0 Å². The molecular formula is C23H16BrFN2O4. The van der Waals surface area contributed by atoms with Crippen molar-refractivity contribution in [3.05, 3.63) is 97.8 Å². The third kappa shape index (κ3) is 5.47. The monoisotopic (exact) mass is 482 g/mol. The molecule has 3 aromatic rings. The fourth-order valence-corrected chi connectivity index (χ4v) is 3.38. The van der Waals surface area contributed by atoms with Crippen LogP contribution in [0.1, 0.15) is 16.7 Å². The summed E-state index contributed by atoms with van der Waals surface area (Å²) in [6.45, 7) is 0.219. The molecule has 3 rings (SSSR count). The number of benzene rings is 3. The predicted molar refractivity (Wildman–Crippen MR) is 118 cm³/mol. The molecule has 0 atom stereocenters. The van der Waals surface area contributed by atoms with E-state index < -0.39 is 4.92 Å². The number of nitrogens with zero attached hydrogens (tertiary/aromatic N) is 2. The molecule has 6 nitrogen and oxygen atoms in total. The molecule has 8 heteroatoms. The molecule has 0 fully saturated rings. The third-order valence-electron chi connectivity index (χ3n) is 4.37. The summed E-state index contributed by atoms with van der Waals surface area (Å²) in [6.07, 6.45) is 1.65. The number of nitro groups is 1. The van der Waals surface area contributed by atoms with E-state index in [1.165, 1.54) is 43.5 Å². The van der Waals surface area contributed by atoms with Crippen LogP contribution in [0.3, 0.4) is 0 Å². The smallest absolute Gasteiger partial charge is 0.269 e. The Morgan fingerprint density at radius 3 is 2.45 bits per heavy atom. The number of hydrogen-bond donors (Lipinski definition) is 0. The van der Waals surface area contributed by atoms with Crippen LogP contribution in [-0.2, 0) is 6.61 Å². The highest BCUT2D eigenvalue weighted by Gasteiger charge is 2.13. The van der Waals surface area contributed by atoms with E-state index in [4.69, 9.17) is 9.47 Å². The first-order valence-electron chi connectivity index (χ1n) is 9.02. The van der Waals surface area contributed by atoms with Crippen molar-refractivity contribution in [2.45, 2.75) is 6.61 Å². The zero-order chi connectivity index (χ0) is 22.4. The summed E-state index contributed by atoms with van der Waals surface area (Å²) in [7, 11) is 1.50. The fourth-order valence-electron chi connectivity index (χ4n) is 2.81. The minimum atomic E-state index is -0.494. The van der Waals surface area contributed by atoms with Gasteiger partial charge in [-0.15, -0.1) is 0 Å². The second-order valence-corrected chi connectivity index (χ2v) is 7.28. The van der Waals surface area contributed by atoms with E-state index in [-0.39, 0.29) is 18.1 Å². The van der Waals surface area contributed by atoms with Crippen LogP contribution in [0.4, 0.5) is 10.1 Å². The van der Waals surface area contributed by atoms with Crippen LogP contribution < -0.4 is 9.47 Å². The molecule has 0 radical (unpaired) electrons. The van der Waals surface area contributed by atoms with Crippen molar-refractivity contribution < 1.29 is 18.8 Å². The molecule has 3 aromatic carbocycles. The summed E-state index contributed by atoms with van der Waals surface area (Å²) in [5, 5.41) is 20.4. The molecule has 0 saturated heterocycles. The lowest BCUT2D eigenvalue weighted by molar-refractivity contribution is -0.384. The van der Waals surface area contributed by atoms with Crippen molar-refractivity contribution >= 4 is 33.3 Å². The number of ether oxygens (including phenoxy) is 2. The minimum Gasteiger partial charge on any atom is -0.493 e. The van der Waals surface area contributed by atoms with Crippen LogP contribution in [-0.4, -0.2) is 12.0 Å². The summed E-state index contributed by atoms with van der Waals surface area (Å²) in [5.74, 6) is 0.599. The lowest BCUT2D eigenvalue weighted by Crippen LogP contribution is -1.99. The number of nitriles is 1. The number of allylic oxidation sites excluding steroid dienone is 1. The van der Waals surface area contributed by atoms with Gasteiger partial charge in [0.1, 0.15) is 12.4 Å². The lowest BCUT2D eigenvalue weighted by Gasteiger charge is -2.14. The fraction of sp³-hybridized carbons (Fsp3) is 0.0870. The highest BCUT2D eigenvalue weighted by molar-refractivity contribution is 9.10. The van der Waals surface area contributed by atoms with Gasteiger partial charge in [-0.05, 0) is 75.1 Å². The number of nitro benzene ring substituents is 1. The van der Waals surface area contributed by atoms with Crippen LogP contribution in [0.25, 0.3) is 11.6 Å². The Morgan fingerprint density at radius 2 is 1.87 bits per heavy atom. The van der Waals surface area contributed by atoms with E-state index >= 15 is 0 Å².